The lowest BCUT2D eigenvalue weighted by Crippen LogP contribution is -2.41. The van der Waals surface area contributed by atoms with Crippen LogP contribution in [0.5, 0.6) is 0 Å². The molecule has 0 bridgehead atoms. The van der Waals surface area contributed by atoms with Crippen molar-refractivity contribution in [2.24, 2.45) is 0 Å². The van der Waals surface area contributed by atoms with Crippen LogP contribution in [0, 0.1) is 11.3 Å². The molecule has 0 spiro atoms. The first-order valence-corrected chi connectivity index (χ1v) is 5.84. The van der Waals surface area contributed by atoms with Gasteiger partial charge in [-0.25, -0.2) is 0 Å². The highest BCUT2D eigenvalue weighted by Crippen LogP contribution is 2.29. The number of fused-ring (bicyclic) bond motifs is 1. The van der Waals surface area contributed by atoms with Crippen LogP contribution in [0.2, 0.25) is 0 Å². The zero-order chi connectivity index (χ0) is 13.1. The highest BCUT2D eigenvalue weighted by molar-refractivity contribution is 6.01. The zero-order valence-corrected chi connectivity index (χ0v) is 10.6. The topological polar surface area (TPSA) is 59.4 Å². The molecule has 0 unspecified atom stereocenters. The fourth-order valence-electron chi connectivity index (χ4n) is 1.95. The highest BCUT2D eigenvalue weighted by Gasteiger charge is 2.21. The molecular formula is C13H16N4O. The number of nitrogens with one attached hydrogen (secondary N) is 1. The van der Waals surface area contributed by atoms with Crippen molar-refractivity contribution in [2.75, 3.05) is 43.9 Å². The minimum absolute atomic E-state index is 0.0312. The van der Waals surface area contributed by atoms with Gasteiger partial charge >= 0.3 is 0 Å². The van der Waals surface area contributed by atoms with E-state index in [0.29, 0.717) is 12.1 Å². The summed E-state index contributed by atoms with van der Waals surface area (Å²) in [4.78, 5) is 15.7. The van der Waals surface area contributed by atoms with Gasteiger partial charge in [-0.05, 0) is 32.3 Å². The number of benzene rings is 1. The second kappa shape index (κ2) is 5.07. The van der Waals surface area contributed by atoms with Crippen LogP contribution in [0.15, 0.2) is 18.2 Å². The standard InChI is InChI=1S/C13H16N4O/c1-16(2)5-6-17-9-13(18)15-11-7-10(8-14)3-4-12(11)17/h3-4,7H,5-6,9H2,1-2H3,(H,15,18). The van der Waals surface area contributed by atoms with Crippen LogP contribution >= 0.6 is 0 Å². The average Bonchev–Trinajstić information content (AvgIpc) is 2.34. The van der Waals surface area contributed by atoms with Gasteiger partial charge in [0, 0.05) is 13.1 Å². The summed E-state index contributed by atoms with van der Waals surface area (Å²) in [5, 5.41) is 11.7. The van der Waals surface area contributed by atoms with Crippen LogP contribution < -0.4 is 10.2 Å². The SMILES string of the molecule is CN(C)CCN1CC(=O)Nc2cc(C#N)ccc21. The maximum atomic E-state index is 11.6. The van der Waals surface area contributed by atoms with E-state index in [1.54, 1.807) is 12.1 Å². The predicted octanol–water partition coefficient (Wildman–Crippen LogP) is 0.878. The van der Waals surface area contributed by atoms with Crippen LogP contribution in [0.1, 0.15) is 5.56 Å². The predicted molar refractivity (Wildman–Crippen MR) is 70.6 cm³/mol. The quantitative estimate of drug-likeness (QED) is 0.857. The van der Waals surface area contributed by atoms with E-state index in [0.717, 1.165) is 24.5 Å². The molecule has 5 heteroatoms. The molecule has 1 aromatic carbocycles. The number of anilines is 2. The van der Waals surface area contributed by atoms with Crippen molar-refractivity contribution in [3.8, 4) is 6.07 Å². The lowest BCUT2D eigenvalue weighted by molar-refractivity contribution is -0.115. The minimum Gasteiger partial charge on any atom is -0.359 e. The molecule has 0 radical (unpaired) electrons. The van der Waals surface area contributed by atoms with E-state index in [9.17, 15) is 4.79 Å². The first kappa shape index (κ1) is 12.4. The number of carbonyl (C=O) groups is 1. The van der Waals surface area contributed by atoms with E-state index < -0.39 is 0 Å². The molecule has 1 aliphatic heterocycles. The number of carbonyl (C=O) groups excluding carboxylic acids is 1. The Kier molecular flexibility index (Phi) is 3.49. The fourth-order valence-corrected chi connectivity index (χ4v) is 1.95. The molecule has 2 rings (SSSR count). The molecule has 1 heterocycles. The smallest absolute Gasteiger partial charge is 0.243 e. The van der Waals surface area contributed by atoms with E-state index in [2.05, 4.69) is 16.3 Å². The van der Waals surface area contributed by atoms with Crippen LogP contribution in [0.3, 0.4) is 0 Å². The number of nitrogens with zero attached hydrogens (tertiary/aromatic N) is 3. The van der Waals surface area contributed by atoms with Crippen molar-refractivity contribution in [2.45, 2.75) is 0 Å². The molecule has 0 atom stereocenters. The van der Waals surface area contributed by atoms with Crippen LogP contribution in [0.25, 0.3) is 0 Å². The third-order valence-electron chi connectivity index (χ3n) is 2.89. The molecule has 0 aliphatic carbocycles. The molecule has 0 aromatic heterocycles. The molecule has 18 heavy (non-hydrogen) atoms. The van der Waals surface area contributed by atoms with Crippen molar-refractivity contribution in [3.05, 3.63) is 23.8 Å². The van der Waals surface area contributed by atoms with Gasteiger partial charge in [0.2, 0.25) is 5.91 Å². The number of likely N-dealkylation sites (N-methyl/N-ethyl adjacent to an activating group) is 1. The van der Waals surface area contributed by atoms with E-state index in [1.807, 2.05) is 25.1 Å². The molecule has 1 N–H and O–H groups in total. The minimum atomic E-state index is -0.0312. The largest absolute Gasteiger partial charge is 0.359 e. The van der Waals surface area contributed by atoms with Gasteiger partial charge in [-0.1, -0.05) is 0 Å². The number of nitriles is 1. The van der Waals surface area contributed by atoms with Crippen LogP contribution in [0.4, 0.5) is 11.4 Å². The van der Waals surface area contributed by atoms with Gasteiger partial charge in [0.15, 0.2) is 0 Å². The van der Waals surface area contributed by atoms with Gasteiger partial charge < -0.3 is 15.1 Å². The first-order chi connectivity index (χ1) is 8.60. The van der Waals surface area contributed by atoms with Gasteiger partial charge in [-0.3, -0.25) is 4.79 Å². The molecule has 0 fully saturated rings. The summed E-state index contributed by atoms with van der Waals surface area (Å²) in [7, 11) is 4.01. The molecule has 1 aromatic rings. The third-order valence-corrected chi connectivity index (χ3v) is 2.89. The van der Waals surface area contributed by atoms with Crippen molar-refractivity contribution in [1.29, 1.82) is 5.26 Å². The molecule has 94 valence electrons. The Bertz CT molecular complexity index is 504. The molecule has 5 nitrogen and oxygen atoms in total. The zero-order valence-electron chi connectivity index (χ0n) is 10.6. The Balaban J connectivity index is 2.26. The summed E-state index contributed by atoms with van der Waals surface area (Å²) in [6, 6.07) is 7.46. The monoisotopic (exact) mass is 244 g/mol. The summed E-state index contributed by atoms with van der Waals surface area (Å²) in [5.41, 5.74) is 2.27. The summed E-state index contributed by atoms with van der Waals surface area (Å²) in [6.07, 6.45) is 0. The van der Waals surface area contributed by atoms with Gasteiger partial charge in [-0.15, -0.1) is 0 Å². The van der Waals surface area contributed by atoms with Gasteiger partial charge in [-0.2, -0.15) is 5.26 Å². The maximum absolute atomic E-state index is 11.6. The summed E-state index contributed by atoms with van der Waals surface area (Å²) in [5.74, 6) is -0.0312. The molecular weight excluding hydrogens is 228 g/mol. The molecule has 0 saturated heterocycles. The van der Waals surface area contributed by atoms with E-state index in [1.165, 1.54) is 0 Å². The van der Waals surface area contributed by atoms with Gasteiger partial charge in [0.1, 0.15) is 0 Å². The average molecular weight is 244 g/mol. The van der Waals surface area contributed by atoms with Gasteiger partial charge in [0.05, 0.1) is 29.6 Å². The summed E-state index contributed by atoms with van der Waals surface area (Å²) < 4.78 is 0. The van der Waals surface area contributed by atoms with Crippen LogP contribution in [-0.2, 0) is 4.79 Å². The van der Waals surface area contributed by atoms with E-state index in [-0.39, 0.29) is 5.91 Å². The second-order valence-electron chi connectivity index (χ2n) is 4.62. The number of rotatable bonds is 3. The first-order valence-electron chi connectivity index (χ1n) is 5.84. The molecule has 0 saturated carbocycles. The third kappa shape index (κ3) is 2.60. The second-order valence-corrected chi connectivity index (χ2v) is 4.62. The molecule has 1 aliphatic rings. The van der Waals surface area contributed by atoms with E-state index >= 15 is 0 Å². The number of hydrogen-bond acceptors (Lipinski definition) is 4. The van der Waals surface area contributed by atoms with Crippen molar-refractivity contribution < 1.29 is 4.79 Å². The summed E-state index contributed by atoms with van der Waals surface area (Å²) in [6.45, 7) is 2.04. The van der Waals surface area contributed by atoms with Crippen molar-refractivity contribution in [1.82, 2.24) is 4.90 Å². The summed E-state index contributed by atoms with van der Waals surface area (Å²) >= 11 is 0. The van der Waals surface area contributed by atoms with Crippen molar-refractivity contribution >= 4 is 17.3 Å². The number of hydrogen-bond donors (Lipinski definition) is 1. The van der Waals surface area contributed by atoms with Gasteiger partial charge in [0.25, 0.3) is 0 Å². The van der Waals surface area contributed by atoms with E-state index in [4.69, 9.17) is 5.26 Å². The number of amides is 1. The Morgan fingerprint density at radius 2 is 2.28 bits per heavy atom. The molecule has 1 amide bonds. The lowest BCUT2D eigenvalue weighted by Gasteiger charge is -2.31. The highest BCUT2D eigenvalue weighted by atomic mass is 16.2. The Morgan fingerprint density at radius 3 is 2.94 bits per heavy atom. The Morgan fingerprint density at radius 1 is 1.50 bits per heavy atom. The maximum Gasteiger partial charge on any atom is 0.243 e. The Labute approximate surface area is 107 Å². The van der Waals surface area contributed by atoms with Crippen molar-refractivity contribution in [3.63, 3.8) is 0 Å². The van der Waals surface area contributed by atoms with Crippen LogP contribution in [-0.4, -0.2) is 44.5 Å². The lowest BCUT2D eigenvalue weighted by atomic mass is 10.1. The Hall–Kier alpha value is -2.06. The fraction of sp³-hybridized carbons (Fsp3) is 0.385. The normalized spacial score (nSPS) is 14.1.